The van der Waals surface area contributed by atoms with Crippen LogP contribution in [-0.2, 0) is 9.59 Å². The summed E-state index contributed by atoms with van der Waals surface area (Å²) in [6, 6.07) is 1.75. The standard InChI is InChI=1S/C17H23N3O2/c21-16(12-5-1-2-6-12)19-14-9-10-18-11-15(14)20-17(22)13-7-3-4-8-13/h9-13H,1-8H2,(H,20,22)(H,18,19,21). The number of rotatable bonds is 4. The second-order valence-corrected chi connectivity index (χ2v) is 6.36. The van der Waals surface area contributed by atoms with Gasteiger partial charge in [0.25, 0.3) is 0 Å². The molecule has 22 heavy (non-hydrogen) atoms. The predicted octanol–water partition coefficient (Wildman–Crippen LogP) is 3.34. The van der Waals surface area contributed by atoms with Gasteiger partial charge in [-0.15, -0.1) is 0 Å². The maximum absolute atomic E-state index is 12.3. The highest BCUT2D eigenvalue weighted by Gasteiger charge is 2.25. The summed E-state index contributed by atoms with van der Waals surface area (Å²) in [7, 11) is 0. The molecule has 0 spiro atoms. The van der Waals surface area contributed by atoms with Crippen LogP contribution in [0.1, 0.15) is 51.4 Å². The van der Waals surface area contributed by atoms with Crippen LogP contribution in [0.4, 0.5) is 11.4 Å². The van der Waals surface area contributed by atoms with Crippen LogP contribution in [0.25, 0.3) is 0 Å². The number of amides is 2. The first-order chi connectivity index (χ1) is 10.7. The number of hydrogen-bond donors (Lipinski definition) is 2. The highest BCUT2D eigenvalue weighted by molar-refractivity contribution is 6.00. The van der Waals surface area contributed by atoms with E-state index in [0.29, 0.717) is 11.4 Å². The Kier molecular flexibility index (Phi) is 4.71. The predicted molar refractivity (Wildman–Crippen MR) is 85.4 cm³/mol. The highest BCUT2D eigenvalue weighted by Crippen LogP contribution is 2.29. The van der Waals surface area contributed by atoms with Gasteiger partial charge in [0.15, 0.2) is 0 Å². The molecule has 0 aromatic carbocycles. The number of nitrogens with one attached hydrogen (secondary N) is 2. The number of hydrogen-bond acceptors (Lipinski definition) is 3. The van der Waals surface area contributed by atoms with E-state index in [9.17, 15) is 9.59 Å². The van der Waals surface area contributed by atoms with Crippen molar-refractivity contribution >= 4 is 23.2 Å². The Labute approximate surface area is 130 Å². The van der Waals surface area contributed by atoms with Crippen molar-refractivity contribution in [1.29, 1.82) is 0 Å². The van der Waals surface area contributed by atoms with Crippen molar-refractivity contribution < 1.29 is 9.59 Å². The van der Waals surface area contributed by atoms with Crippen LogP contribution < -0.4 is 10.6 Å². The van der Waals surface area contributed by atoms with Crippen LogP contribution in [0, 0.1) is 11.8 Å². The number of carbonyl (C=O) groups excluding carboxylic acids is 2. The molecule has 118 valence electrons. The number of carbonyl (C=O) groups is 2. The monoisotopic (exact) mass is 301 g/mol. The zero-order valence-corrected chi connectivity index (χ0v) is 12.8. The van der Waals surface area contributed by atoms with E-state index in [0.717, 1.165) is 51.4 Å². The third-order valence-corrected chi connectivity index (χ3v) is 4.79. The van der Waals surface area contributed by atoms with Gasteiger partial charge in [-0.3, -0.25) is 14.6 Å². The molecular formula is C17H23N3O2. The van der Waals surface area contributed by atoms with Crippen molar-refractivity contribution in [3.8, 4) is 0 Å². The van der Waals surface area contributed by atoms with Gasteiger partial charge in [0.2, 0.25) is 11.8 Å². The van der Waals surface area contributed by atoms with E-state index in [1.54, 1.807) is 18.5 Å². The maximum Gasteiger partial charge on any atom is 0.227 e. The molecule has 2 aliphatic carbocycles. The molecule has 5 nitrogen and oxygen atoms in total. The molecule has 0 saturated heterocycles. The van der Waals surface area contributed by atoms with Gasteiger partial charge in [0.05, 0.1) is 17.6 Å². The number of anilines is 2. The fourth-order valence-corrected chi connectivity index (χ4v) is 3.45. The third-order valence-electron chi connectivity index (χ3n) is 4.79. The quantitative estimate of drug-likeness (QED) is 0.896. The van der Waals surface area contributed by atoms with Crippen LogP contribution in [0.3, 0.4) is 0 Å². The third kappa shape index (κ3) is 3.46. The van der Waals surface area contributed by atoms with E-state index in [2.05, 4.69) is 15.6 Å². The van der Waals surface area contributed by atoms with Crippen molar-refractivity contribution in [1.82, 2.24) is 4.98 Å². The average Bonchev–Trinajstić information content (AvgIpc) is 3.23. The van der Waals surface area contributed by atoms with Gasteiger partial charge in [-0.1, -0.05) is 25.7 Å². The molecule has 2 fully saturated rings. The second-order valence-electron chi connectivity index (χ2n) is 6.36. The summed E-state index contributed by atoms with van der Waals surface area (Å²) in [5.41, 5.74) is 1.25. The molecule has 0 unspecified atom stereocenters. The van der Waals surface area contributed by atoms with E-state index < -0.39 is 0 Å². The van der Waals surface area contributed by atoms with Crippen LogP contribution >= 0.6 is 0 Å². The zero-order chi connectivity index (χ0) is 15.4. The SMILES string of the molecule is O=C(Nc1ccncc1NC(=O)C1CCCC1)C1CCCC1. The minimum atomic E-state index is 0.0434. The van der Waals surface area contributed by atoms with E-state index in [1.807, 2.05) is 0 Å². The van der Waals surface area contributed by atoms with Gasteiger partial charge in [0, 0.05) is 18.0 Å². The lowest BCUT2D eigenvalue weighted by Crippen LogP contribution is -2.24. The molecule has 2 aliphatic rings. The summed E-state index contributed by atoms with van der Waals surface area (Å²) < 4.78 is 0. The first-order valence-corrected chi connectivity index (χ1v) is 8.30. The molecule has 0 radical (unpaired) electrons. The van der Waals surface area contributed by atoms with Gasteiger partial charge >= 0.3 is 0 Å². The summed E-state index contributed by atoms with van der Waals surface area (Å²) in [4.78, 5) is 28.6. The Morgan fingerprint density at radius 2 is 1.36 bits per heavy atom. The molecule has 0 atom stereocenters. The Morgan fingerprint density at radius 1 is 0.864 bits per heavy atom. The molecule has 0 bridgehead atoms. The normalized spacial score (nSPS) is 19.3. The van der Waals surface area contributed by atoms with E-state index in [1.165, 1.54) is 0 Å². The summed E-state index contributed by atoms with van der Waals surface area (Å²) in [6.45, 7) is 0. The molecule has 2 N–H and O–H groups in total. The lowest BCUT2D eigenvalue weighted by atomic mass is 10.1. The molecule has 3 rings (SSSR count). The van der Waals surface area contributed by atoms with Crippen molar-refractivity contribution in [2.75, 3.05) is 10.6 Å². The number of aromatic nitrogens is 1. The fourth-order valence-electron chi connectivity index (χ4n) is 3.45. The Morgan fingerprint density at radius 3 is 1.91 bits per heavy atom. The topological polar surface area (TPSA) is 71.1 Å². The smallest absolute Gasteiger partial charge is 0.227 e. The molecule has 2 amide bonds. The molecule has 0 aliphatic heterocycles. The minimum Gasteiger partial charge on any atom is -0.324 e. The van der Waals surface area contributed by atoms with Crippen molar-refractivity contribution in [2.45, 2.75) is 51.4 Å². The molecule has 1 heterocycles. The lowest BCUT2D eigenvalue weighted by molar-refractivity contribution is -0.120. The molecule has 1 aromatic rings. The van der Waals surface area contributed by atoms with Crippen LogP contribution in [-0.4, -0.2) is 16.8 Å². The molecular weight excluding hydrogens is 278 g/mol. The maximum atomic E-state index is 12.3. The fraction of sp³-hybridized carbons (Fsp3) is 0.588. The molecule has 5 heteroatoms. The number of pyridine rings is 1. The van der Waals surface area contributed by atoms with Gasteiger partial charge in [0.1, 0.15) is 0 Å². The van der Waals surface area contributed by atoms with E-state index >= 15 is 0 Å². The van der Waals surface area contributed by atoms with Crippen molar-refractivity contribution in [3.05, 3.63) is 18.5 Å². The second kappa shape index (κ2) is 6.90. The van der Waals surface area contributed by atoms with Gasteiger partial charge in [-0.2, -0.15) is 0 Å². The van der Waals surface area contributed by atoms with Crippen molar-refractivity contribution in [2.24, 2.45) is 11.8 Å². The zero-order valence-electron chi connectivity index (χ0n) is 12.8. The van der Waals surface area contributed by atoms with E-state index in [4.69, 9.17) is 0 Å². The summed E-state index contributed by atoms with van der Waals surface area (Å²) in [5, 5.41) is 5.89. The summed E-state index contributed by atoms with van der Waals surface area (Å²) in [6.07, 6.45) is 11.6. The van der Waals surface area contributed by atoms with E-state index in [-0.39, 0.29) is 23.7 Å². The molecule has 2 saturated carbocycles. The first-order valence-electron chi connectivity index (χ1n) is 8.30. The average molecular weight is 301 g/mol. The van der Waals surface area contributed by atoms with Crippen LogP contribution in [0.15, 0.2) is 18.5 Å². The largest absolute Gasteiger partial charge is 0.324 e. The first kappa shape index (κ1) is 15.0. The Hall–Kier alpha value is -1.91. The number of nitrogens with zero attached hydrogens (tertiary/aromatic N) is 1. The highest BCUT2D eigenvalue weighted by atomic mass is 16.2. The Bertz CT molecular complexity index is 498. The van der Waals surface area contributed by atoms with Crippen LogP contribution in [0.5, 0.6) is 0 Å². The van der Waals surface area contributed by atoms with Crippen molar-refractivity contribution in [3.63, 3.8) is 0 Å². The van der Waals surface area contributed by atoms with Crippen LogP contribution in [0.2, 0.25) is 0 Å². The Balaban J connectivity index is 1.66. The molecule has 1 aromatic heterocycles. The minimum absolute atomic E-state index is 0.0434. The van der Waals surface area contributed by atoms with Gasteiger partial charge in [-0.25, -0.2) is 0 Å². The summed E-state index contributed by atoms with van der Waals surface area (Å²) in [5.74, 6) is 0.298. The van der Waals surface area contributed by atoms with Gasteiger partial charge < -0.3 is 10.6 Å². The lowest BCUT2D eigenvalue weighted by Gasteiger charge is -2.16. The summed E-state index contributed by atoms with van der Waals surface area (Å²) >= 11 is 0. The van der Waals surface area contributed by atoms with Gasteiger partial charge in [-0.05, 0) is 31.7 Å².